The van der Waals surface area contributed by atoms with Crippen molar-refractivity contribution in [3.05, 3.63) is 0 Å². The topological polar surface area (TPSA) is 38.3 Å². The van der Waals surface area contributed by atoms with Crippen LogP contribution in [0.4, 0.5) is 13.2 Å². The molecule has 0 aromatic heterocycles. The molecule has 0 spiro atoms. The van der Waals surface area contributed by atoms with Crippen molar-refractivity contribution in [1.82, 2.24) is 5.32 Å². The van der Waals surface area contributed by atoms with Gasteiger partial charge in [-0.25, -0.2) is 0 Å². The molecule has 0 saturated carbocycles. The highest BCUT2D eigenvalue weighted by Gasteiger charge is 2.30. The fraction of sp³-hybridized carbons (Fsp3) is 0.857. The average Bonchev–Trinajstić information content (AvgIpc) is 2.50. The predicted octanol–water partition coefficient (Wildman–Crippen LogP) is 0.844. The van der Waals surface area contributed by atoms with Crippen LogP contribution in [0.25, 0.3) is 0 Å². The van der Waals surface area contributed by atoms with Crippen molar-refractivity contribution in [2.45, 2.75) is 25.1 Å². The smallest absolute Gasteiger partial charge is 0.368 e. The zero-order valence-electron chi connectivity index (χ0n) is 6.86. The third-order valence-corrected chi connectivity index (χ3v) is 1.69. The Bertz CT molecular complexity index is 187. The number of ether oxygens (including phenoxy) is 1. The highest BCUT2D eigenvalue weighted by Crippen LogP contribution is 2.14. The predicted molar refractivity (Wildman–Crippen MR) is 38.0 cm³/mol. The molecule has 1 fully saturated rings. The van der Waals surface area contributed by atoms with Gasteiger partial charge < -0.3 is 10.1 Å². The fourth-order valence-electron chi connectivity index (χ4n) is 1.09. The summed E-state index contributed by atoms with van der Waals surface area (Å²) in [5.74, 6) is -0.671. The molecule has 0 bridgehead atoms. The number of amides is 1. The fourth-order valence-corrected chi connectivity index (χ4v) is 1.09. The molecule has 76 valence electrons. The van der Waals surface area contributed by atoms with E-state index in [0.717, 1.165) is 6.42 Å². The summed E-state index contributed by atoms with van der Waals surface area (Å²) in [7, 11) is 0. The molecular weight excluding hydrogens is 187 g/mol. The Morgan fingerprint density at radius 1 is 1.54 bits per heavy atom. The number of hydrogen-bond donors (Lipinski definition) is 1. The van der Waals surface area contributed by atoms with Crippen molar-refractivity contribution in [2.24, 2.45) is 0 Å². The number of rotatable bonds is 2. The second kappa shape index (κ2) is 3.95. The van der Waals surface area contributed by atoms with Gasteiger partial charge >= 0.3 is 6.18 Å². The van der Waals surface area contributed by atoms with E-state index in [9.17, 15) is 18.0 Å². The minimum absolute atomic E-state index is 0.449. The van der Waals surface area contributed by atoms with Crippen molar-refractivity contribution in [3.8, 4) is 0 Å². The van der Waals surface area contributed by atoms with E-state index < -0.39 is 24.7 Å². The highest BCUT2D eigenvalue weighted by molar-refractivity contribution is 5.80. The normalized spacial score (nSPS) is 23.2. The summed E-state index contributed by atoms with van der Waals surface area (Å²) in [5.41, 5.74) is 0. The maximum Gasteiger partial charge on any atom is 0.405 e. The highest BCUT2D eigenvalue weighted by atomic mass is 19.4. The number of nitrogens with one attached hydrogen (secondary N) is 1. The third-order valence-electron chi connectivity index (χ3n) is 1.69. The van der Waals surface area contributed by atoms with Crippen LogP contribution in [-0.4, -0.2) is 31.3 Å². The lowest BCUT2D eigenvalue weighted by atomic mass is 10.2. The quantitative estimate of drug-likeness (QED) is 0.712. The van der Waals surface area contributed by atoms with E-state index in [2.05, 4.69) is 0 Å². The van der Waals surface area contributed by atoms with Crippen LogP contribution in [0.5, 0.6) is 0 Å². The molecule has 1 rings (SSSR count). The van der Waals surface area contributed by atoms with Crippen LogP contribution in [0.15, 0.2) is 0 Å². The van der Waals surface area contributed by atoms with Gasteiger partial charge in [-0.3, -0.25) is 4.79 Å². The first-order valence-corrected chi connectivity index (χ1v) is 3.95. The standard InChI is InChI=1S/C7H10F3NO2/c8-7(9,10)4-11-6(12)5-2-1-3-13-5/h5H,1-4H2,(H,11,12)/t5-/m1/s1. The molecule has 1 amide bonds. The number of carbonyl (C=O) groups is 1. The molecule has 0 aliphatic carbocycles. The number of alkyl halides is 3. The first-order chi connectivity index (χ1) is 5.99. The van der Waals surface area contributed by atoms with Gasteiger partial charge in [-0.05, 0) is 12.8 Å². The minimum atomic E-state index is -4.35. The largest absolute Gasteiger partial charge is 0.405 e. The Labute approximate surface area is 73.2 Å². The molecule has 0 radical (unpaired) electrons. The van der Waals surface area contributed by atoms with E-state index in [1.54, 1.807) is 5.32 Å². The molecule has 1 aliphatic rings. The summed E-state index contributed by atoms with van der Waals surface area (Å²) in [6, 6.07) is 0. The van der Waals surface area contributed by atoms with E-state index in [0.29, 0.717) is 13.0 Å². The molecule has 1 heterocycles. The van der Waals surface area contributed by atoms with Crippen LogP contribution in [-0.2, 0) is 9.53 Å². The maximum atomic E-state index is 11.6. The number of halogens is 3. The summed E-state index contributed by atoms with van der Waals surface area (Å²) in [6.45, 7) is -0.838. The van der Waals surface area contributed by atoms with Crippen molar-refractivity contribution in [1.29, 1.82) is 0 Å². The third kappa shape index (κ3) is 3.63. The lowest BCUT2D eigenvalue weighted by molar-refractivity contribution is -0.143. The van der Waals surface area contributed by atoms with E-state index in [1.807, 2.05) is 0 Å². The molecule has 0 unspecified atom stereocenters. The molecule has 6 heteroatoms. The molecule has 1 aliphatic heterocycles. The average molecular weight is 197 g/mol. The van der Waals surface area contributed by atoms with E-state index >= 15 is 0 Å². The minimum Gasteiger partial charge on any atom is -0.368 e. The second-order valence-corrected chi connectivity index (χ2v) is 2.83. The maximum absolute atomic E-state index is 11.6. The van der Waals surface area contributed by atoms with Gasteiger partial charge in [-0.15, -0.1) is 0 Å². The second-order valence-electron chi connectivity index (χ2n) is 2.83. The van der Waals surface area contributed by atoms with Gasteiger partial charge in [0.25, 0.3) is 0 Å². The molecule has 3 nitrogen and oxygen atoms in total. The molecule has 0 aromatic carbocycles. The lowest BCUT2D eigenvalue weighted by Crippen LogP contribution is -2.39. The number of hydrogen-bond acceptors (Lipinski definition) is 2. The van der Waals surface area contributed by atoms with Gasteiger partial charge in [0.05, 0.1) is 0 Å². The Balaban J connectivity index is 2.25. The van der Waals surface area contributed by atoms with Gasteiger partial charge in [0.2, 0.25) is 5.91 Å². The summed E-state index contributed by atoms with van der Waals surface area (Å²) in [5, 5.41) is 1.78. The summed E-state index contributed by atoms with van der Waals surface area (Å²) < 4.78 is 39.8. The Morgan fingerprint density at radius 2 is 2.23 bits per heavy atom. The Kier molecular flexibility index (Phi) is 3.13. The van der Waals surface area contributed by atoms with Crippen LogP contribution in [0.2, 0.25) is 0 Å². The van der Waals surface area contributed by atoms with Crippen molar-refractivity contribution in [3.63, 3.8) is 0 Å². The summed E-state index contributed by atoms with van der Waals surface area (Å²) >= 11 is 0. The van der Waals surface area contributed by atoms with Crippen molar-refractivity contribution >= 4 is 5.91 Å². The molecule has 1 N–H and O–H groups in total. The first kappa shape index (κ1) is 10.3. The molecular formula is C7H10F3NO2. The first-order valence-electron chi connectivity index (χ1n) is 3.95. The summed E-state index contributed by atoms with van der Waals surface area (Å²) in [6.07, 6.45) is -3.82. The van der Waals surface area contributed by atoms with Crippen LogP contribution >= 0.6 is 0 Å². The number of carbonyl (C=O) groups excluding carboxylic acids is 1. The van der Waals surface area contributed by atoms with Gasteiger partial charge in [-0.1, -0.05) is 0 Å². The van der Waals surface area contributed by atoms with Crippen LogP contribution in [0.3, 0.4) is 0 Å². The van der Waals surface area contributed by atoms with Crippen LogP contribution in [0, 0.1) is 0 Å². The van der Waals surface area contributed by atoms with Gasteiger partial charge in [-0.2, -0.15) is 13.2 Å². The zero-order valence-corrected chi connectivity index (χ0v) is 6.86. The van der Waals surface area contributed by atoms with Crippen LogP contribution in [0.1, 0.15) is 12.8 Å². The molecule has 0 aromatic rings. The van der Waals surface area contributed by atoms with Gasteiger partial charge in [0.15, 0.2) is 0 Å². The molecule has 1 saturated heterocycles. The zero-order chi connectivity index (χ0) is 9.90. The Hall–Kier alpha value is -0.780. The molecule has 1 atom stereocenters. The van der Waals surface area contributed by atoms with Gasteiger partial charge in [0.1, 0.15) is 12.6 Å². The van der Waals surface area contributed by atoms with E-state index in [1.165, 1.54) is 0 Å². The van der Waals surface area contributed by atoms with Crippen LogP contribution < -0.4 is 5.32 Å². The summed E-state index contributed by atoms with van der Waals surface area (Å²) in [4.78, 5) is 11.0. The van der Waals surface area contributed by atoms with E-state index in [4.69, 9.17) is 4.74 Å². The monoisotopic (exact) mass is 197 g/mol. The van der Waals surface area contributed by atoms with Crippen molar-refractivity contribution < 1.29 is 22.7 Å². The van der Waals surface area contributed by atoms with Crippen molar-refractivity contribution in [2.75, 3.05) is 13.2 Å². The Morgan fingerprint density at radius 3 is 2.69 bits per heavy atom. The lowest BCUT2D eigenvalue weighted by Gasteiger charge is -2.11. The van der Waals surface area contributed by atoms with E-state index in [-0.39, 0.29) is 0 Å². The SMILES string of the molecule is O=C(NCC(F)(F)F)[C@H]1CCCO1. The molecule has 13 heavy (non-hydrogen) atoms. The van der Waals surface area contributed by atoms with Gasteiger partial charge in [0, 0.05) is 6.61 Å².